The van der Waals surface area contributed by atoms with Crippen LogP contribution in [0.4, 0.5) is 0 Å². The van der Waals surface area contributed by atoms with Gasteiger partial charge in [0.05, 0.1) is 23.7 Å². The lowest BCUT2D eigenvalue weighted by molar-refractivity contribution is 0.0222. The number of carbonyl (C=O) groups is 2. The molecule has 0 saturated carbocycles. The van der Waals surface area contributed by atoms with Gasteiger partial charge < -0.3 is 14.8 Å². The quantitative estimate of drug-likeness (QED) is 0.643. The third kappa shape index (κ3) is 4.43. The molecule has 31 heavy (non-hydrogen) atoms. The molecule has 1 N–H and O–H groups in total. The number of Topliss-reactive ketones (excluding diaryl/α,β-unsaturated/α-hetero) is 2. The lowest BCUT2D eigenvalue weighted by Crippen LogP contribution is -2.38. The van der Waals surface area contributed by atoms with Crippen molar-refractivity contribution in [3.05, 3.63) is 64.7 Å². The van der Waals surface area contributed by atoms with Gasteiger partial charge in [0.2, 0.25) is 0 Å². The summed E-state index contributed by atoms with van der Waals surface area (Å²) in [4.78, 5) is 25.8. The fourth-order valence-corrected chi connectivity index (χ4v) is 4.53. The van der Waals surface area contributed by atoms with Gasteiger partial charge in [0.1, 0.15) is 12.4 Å². The topological polar surface area (TPSA) is 64.6 Å². The number of morpholine rings is 1. The van der Waals surface area contributed by atoms with E-state index in [2.05, 4.69) is 24.4 Å². The Morgan fingerprint density at radius 2 is 1.97 bits per heavy atom. The van der Waals surface area contributed by atoms with Gasteiger partial charge in [-0.2, -0.15) is 0 Å². The monoisotopic (exact) mass is 421 g/mol. The van der Waals surface area contributed by atoms with Crippen molar-refractivity contribution in [3.8, 4) is 5.75 Å². The van der Waals surface area contributed by atoms with E-state index in [9.17, 15) is 9.59 Å². The second kappa shape index (κ2) is 9.33. The number of nitrogens with one attached hydrogen (secondary N) is 1. The number of hydrogen-bond donors (Lipinski definition) is 1. The van der Waals surface area contributed by atoms with E-state index in [1.807, 2.05) is 31.2 Å². The van der Waals surface area contributed by atoms with E-state index < -0.39 is 5.41 Å². The minimum absolute atomic E-state index is 0.00453. The van der Waals surface area contributed by atoms with E-state index >= 15 is 0 Å². The van der Waals surface area contributed by atoms with Crippen LogP contribution in [0.1, 0.15) is 71.4 Å². The van der Waals surface area contributed by atoms with E-state index in [1.165, 1.54) is 0 Å². The number of ether oxygens (including phenoxy) is 2. The van der Waals surface area contributed by atoms with E-state index in [4.69, 9.17) is 9.47 Å². The molecule has 0 spiro atoms. The van der Waals surface area contributed by atoms with Crippen LogP contribution >= 0.6 is 0 Å². The maximum atomic E-state index is 13.1. The van der Waals surface area contributed by atoms with Gasteiger partial charge in [-0.25, -0.2) is 0 Å². The van der Waals surface area contributed by atoms with Crippen molar-refractivity contribution in [2.45, 2.75) is 51.0 Å². The van der Waals surface area contributed by atoms with Gasteiger partial charge in [0.15, 0.2) is 11.6 Å². The van der Waals surface area contributed by atoms with Gasteiger partial charge in [0, 0.05) is 37.1 Å². The van der Waals surface area contributed by atoms with Gasteiger partial charge in [0.25, 0.3) is 0 Å². The van der Waals surface area contributed by atoms with Crippen LogP contribution in [0.5, 0.6) is 5.75 Å². The molecule has 2 aliphatic heterocycles. The summed E-state index contributed by atoms with van der Waals surface area (Å²) in [6.07, 6.45) is 2.62. The lowest BCUT2D eigenvalue weighted by Gasteiger charge is -2.24. The molecule has 0 amide bonds. The number of benzene rings is 2. The first-order valence-corrected chi connectivity index (χ1v) is 11.3. The van der Waals surface area contributed by atoms with E-state index in [1.54, 1.807) is 6.07 Å². The minimum Gasteiger partial charge on any atom is -0.491 e. The Bertz CT molecular complexity index is 949. The fourth-order valence-electron chi connectivity index (χ4n) is 4.53. The highest BCUT2D eigenvalue weighted by Crippen LogP contribution is 2.46. The smallest absolute Gasteiger partial charge is 0.166 e. The molecule has 164 valence electrons. The number of rotatable bonds is 8. The van der Waals surface area contributed by atoms with Gasteiger partial charge in [-0.1, -0.05) is 37.3 Å². The van der Waals surface area contributed by atoms with Crippen LogP contribution in [0.15, 0.2) is 42.5 Å². The number of fused-ring (bicyclic) bond motifs is 1. The maximum absolute atomic E-state index is 13.1. The zero-order valence-electron chi connectivity index (χ0n) is 18.4. The summed E-state index contributed by atoms with van der Waals surface area (Å²) < 4.78 is 11.8. The van der Waals surface area contributed by atoms with Gasteiger partial charge in [-0.05, 0) is 37.5 Å². The largest absolute Gasteiger partial charge is 0.491 e. The molecule has 2 aliphatic rings. The van der Waals surface area contributed by atoms with Crippen molar-refractivity contribution in [2.24, 2.45) is 0 Å². The summed E-state index contributed by atoms with van der Waals surface area (Å²) in [5.74, 6) is 0.709. The molecule has 5 nitrogen and oxygen atoms in total. The van der Waals surface area contributed by atoms with Crippen LogP contribution in [0.25, 0.3) is 0 Å². The van der Waals surface area contributed by atoms with Crippen LogP contribution in [0, 0.1) is 0 Å². The molecule has 1 unspecified atom stereocenters. The second-order valence-corrected chi connectivity index (χ2v) is 8.68. The number of carbonyl (C=O) groups excluding carboxylic acids is 2. The van der Waals surface area contributed by atoms with Crippen molar-refractivity contribution >= 4 is 11.6 Å². The first-order chi connectivity index (χ1) is 15.0. The van der Waals surface area contributed by atoms with Crippen molar-refractivity contribution in [1.82, 2.24) is 5.32 Å². The number of ketones is 2. The molecular formula is C26H31NO4. The standard InChI is InChI=1S/C26H31NO4/c1-3-23(28)21-14-18(24(29)11-7-10-20-16-27-12-13-30-20)15-22-25(21)31-17-26(22,2)19-8-5-4-6-9-19/h4-6,8-9,14-15,20,27H,3,7,10-13,16-17H2,1-2H3/t20-,26?/m1/s1. The molecule has 1 saturated heterocycles. The highest BCUT2D eigenvalue weighted by Gasteiger charge is 2.40. The van der Waals surface area contributed by atoms with Gasteiger partial charge in [-0.3, -0.25) is 9.59 Å². The Morgan fingerprint density at radius 3 is 2.68 bits per heavy atom. The third-order valence-electron chi connectivity index (χ3n) is 6.48. The SMILES string of the molecule is CCC(=O)c1cc(C(=O)CCC[C@@H]2CNCCO2)cc2c1OCC2(C)c1ccccc1. The van der Waals surface area contributed by atoms with E-state index in [-0.39, 0.29) is 17.7 Å². The summed E-state index contributed by atoms with van der Waals surface area (Å²) in [7, 11) is 0. The molecule has 0 aromatic heterocycles. The third-order valence-corrected chi connectivity index (χ3v) is 6.48. The van der Waals surface area contributed by atoms with Gasteiger partial charge >= 0.3 is 0 Å². The zero-order chi connectivity index (χ0) is 21.8. The maximum Gasteiger partial charge on any atom is 0.166 e. The Hall–Kier alpha value is -2.50. The molecule has 2 aromatic rings. The van der Waals surface area contributed by atoms with Crippen LogP contribution in [0.3, 0.4) is 0 Å². The summed E-state index contributed by atoms with van der Waals surface area (Å²) in [5.41, 5.74) is 2.79. The first kappa shape index (κ1) is 21.7. The fraction of sp³-hybridized carbons (Fsp3) is 0.462. The average Bonchev–Trinajstić information content (AvgIpc) is 3.17. The van der Waals surface area contributed by atoms with Crippen molar-refractivity contribution in [2.75, 3.05) is 26.3 Å². The molecule has 5 heteroatoms. The molecule has 2 heterocycles. The summed E-state index contributed by atoms with van der Waals surface area (Å²) >= 11 is 0. The number of hydrogen-bond acceptors (Lipinski definition) is 5. The Balaban J connectivity index is 1.61. The summed E-state index contributed by atoms with van der Waals surface area (Å²) in [6.45, 7) is 6.88. The minimum atomic E-state index is -0.392. The van der Waals surface area contributed by atoms with Crippen LogP contribution in [0.2, 0.25) is 0 Å². The lowest BCUT2D eigenvalue weighted by atomic mass is 9.76. The van der Waals surface area contributed by atoms with Crippen molar-refractivity contribution in [1.29, 1.82) is 0 Å². The highest BCUT2D eigenvalue weighted by atomic mass is 16.5. The van der Waals surface area contributed by atoms with Crippen LogP contribution in [-0.4, -0.2) is 44.0 Å². The van der Waals surface area contributed by atoms with Crippen molar-refractivity contribution < 1.29 is 19.1 Å². The second-order valence-electron chi connectivity index (χ2n) is 8.68. The first-order valence-electron chi connectivity index (χ1n) is 11.3. The zero-order valence-corrected chi connectivity index (χ0v) is 18.4. The summed E-state index contributed by atoms with van der Waals surface area (Å²) in [5, 5.41) is 3.32. The molecule has 2 atom stereocenters. The molecule has 0 radical (unpaired) electrons. The molecule has 0 aliphatic carbocycles. The van der Waals surface area contributed by atoms with E-state index in [0.717, 1.165) is 43.7 Å². The predicted molar refractivity (Wildman–Crippen MR) is 120 cm³/mol. The van der Waals surface area contributed by atoms with Crippen LogP contribution < -0.4 is 10.1 Å². The normalized spacial score (nSPS) is 22.6. The van der Waals surface area contributed by atoms with Crippen molar-refractivity contribution in [3.63, 3.8) is 0 Å². The average molecular weight is 422 g/mol. The van der Waals surface area contributed by atoms with Gasteiger partial charge in [-0.15, -0.1) is 0 Å². The molecule has 1 fully saturated rings. The summed E-state index contributed by atoms with van der Waals surface area (Å²) in [6, 6.07) is 13.8. The van der Waals surface area contributed by atoms with E-state index in [0.29, 0.717) is 36.3 Å². The highest BCUT2D eigenvalue weighted by molar-refractivity contribution is 6.04. The molecular weight excluding hydrogens is 390 g/mol. The molecule has 2 aromatic carbocycles. The molecule has 0 bridgehead atoms. The van der Waals surface area contributed by atoms with Crippen LogP contribution in [-0.2, 0) is 10.2 Å². The predicted octanol–water partition coefficient (Wildman–Crippen LogP) is 4.32. The molecule has 4 rings (SSSR count). The Kier molecular flexibility index (Phi) is 6.54. The Labute approximate surface area is 184 Å². The Morgan fingerprint density at radius 1 is 1.16 bits per heavy atom.